The molecule has 0 saturated carbocycles. The fourth-order valence-corrected chi connectivity index (χ4v) is 2.55. The fraction of sp³-hybridized carbons (Fsp3) is 0.462. The van der Waals surface area contributed by atoms with Gasteiger partial charge in [-0.2, -0.15) is 0 Å². The minimum Gasteiger partial charge on any atom is -0.481 e. The monoisotopic (exact) mass is 253 g/mol. The van der Waals surface area contributed by atoms with Gasteiger partial charge < -0.3 is 10.4 Å². The van der Waals surface area contributed by atoms with Crippen molar-refractivity contribution in [2.24, 2.45) is 0 Å². The Kier molecular flexibility index (Phi) is 4.02. The molecule has 0 aliphatic carbocycles. The van der Waals surface area contributed by atoms with Crippen molar-refractivity contribution in [2.75, 3.05) is 6.54 Å². The Hall–Kier alpha value is -1.06. The lowest BCUT2D eigenvalue weighted by atomic mass is 9.86. The van der Waals surface area contributed by atoms with Crippen LogP contribution in [0.1, 0.15) is 24.3 Å². The summed E-state index contributed by atoms with van der Waals surface area (Å²) in [5.41, 5.74) is 0.852. The molecule has 1 aliphatic heterocycles. The maximum absolute atomic E-state index is 11.4. The number of rotatable bonds is 3. The van der Waals surface area contributed by atoms with Crippen molar-refractivity contribution in [3.63, 3.8) is 0 Å². The van der Waals surface area contributed by atoms with Gasteiger partial charge in [0.1, 0.15) is 0 Å². The molecule has 0 spiro atoms. The van der Waals surface area contributed by atoms with Gasteiger partial charge in [0.15, 0.2) is 0 Å². The second kappa shape index (κ2) is 5.52. The van der Waals surface area contributed by atoms with Crippen molar-refractivity contribution < 1.29 is 9.90 Å². The van der Waals surface area contributed by atoms with Crippen LogP contribution in [-0.4, -0.2) is 29.0 Å². The standard InChI is InChI=1S/C13H16ClNO2/c14-10-6-7-11(15-8-10)12(13(16)17)9-4-2-1-3-5-9/h1-5,10-12,15H,6-8H2,(H,16,17)/t10?,11-,12-/m0/s1. The van der Waals surface area contributed by atoms with Crippen LogP contribution in [-0.2, 0) is 4.79 Å². The first-order chi connectivity index (χ1) is 8.18. The molecule has 1 saturated heterocycles. The molecule has 2 N–H and O–H groups in total. The molecule has 0 radical (unpaired) electrons. The molecule has 4 heteroatoms. The number of piperidine rings is 1. The number of carbonyl (C=O) groups is 1. The van der Waals surface area contributed by atoms with Gasteiger partial charge in [-0.1, -0.05) is 30.3 Å². The highest BCUT2D eigenvalue weighted by molar-refractivity contribution is 6.20. The van der Waals surface area contributed by atoms with Crippen molar-refractivity contribution in [1.82, 2.24) is 5.32 Å². The molecule has 1 aromatic rings. The van der Waals surface area contributed by atoms with Crippen LogP contribution < -0.4 is 5.32 Å². The van der Waals surface area contributed by atoms with Crippen molar-refractivity contribution in [3.05, 3.63) is 35.9 Å². The van der Waals surface area contributed by atoms with Crippen molar-refractivity contribution in [2.45, 2.75) is 30.2 Å². The smallest absolute Gasteiger partial charge is 0.312 e. The molecule has 0 aromatic heterocycles. The summed E-state index contributed by atoms with van der Waals surface area (Å²) in [6.45, 7) is 0.683. The first kappa shape index (κ1) is 12.4. The molecule has 0 bridgehead atoms. The SMILES string of the molecule is O=C(O)[C@@H](c1ccccc1)[C@@H]1CCC(Cl)CN1. The molecule has 1 aromatic carbocycles. The Morgan fingerprint density at radius 3 is 2.59 bits per heavy atom. The van der Waals surface area contributed by atoms with Gasteiger partial charge in [0.05, 0.1) is 5.92 Å². The van der Waals surface area contributed by atoms with Gasteiger partial charge >= 0.3 is 5.97 Å². The van der Waals surface area contributed by atoms with E-state index in [0.29, 0.717) is 6.54 Å². The third-order valence-electron chi connectivity index (χ3n) is 3.22. The average Bonchev–Trinajstić information content (AvgIpc) is 2.33. The van der Waals surface area contributed by atoms with E-state index in [2.05, 4.69) is 5.32 Å². The van der Waals surface area contributed by atoms with Gasteiger partial charge in [0.2, 0.25) is 0 Å². The van der Waals surface area contributed by atoms with Gasteiger partial charge in [0, 0.05) is 18.0 Å². The summed E-state index contributed by atoms with van der Waals surface area (Å²) in [5.74, 6) is -1.26. The number of benzene rings is 1. The van der Waals surface area contributed by atoms with E-state index in [9.17, 15) is 9.90 Å². The molecular formula is C13H16ClNO2. The molecule has 0 amide bonds. The third-order valence-corrected chi connectivity index (χ3v) is 3.59. The maximum atomic E-state index is 11.4. The molecule has 92 valence electrons. The summed E-state index contributed by atoms with van der Waals surface area (Å²) in [6.07, 6.45) is 1.68. The molecule has 1 fully saturated rings. The lowest BCUT2D eigenvalue weighted by Gasteiger charge is -2.31. The minimum absolute atomic E-state index is 0.0232. The zero-order valence-corrected chi connectivity index (χ0v) is 10.2. The van der Waals surface area contributed by atoms with Crippen LogP contribution in [0.25, 0.3) is 0 Å². The topological polar surface area (TPSA) is 49.3 Å². The largest absolute Gasteiger partial charge is 0.481 e. The summed E-state index contributed by atoms with van der Waals surface area (Å²) < 4.78 is 0. The zero-order valence-electron chi connectivity index (χ0n) is 9.47. The van der Waals surface area contributed by atoms with Crippen molar-refractivity contribution >= 4 is 17.6 Å². The molecule has 1 heterocycles. The number of aliphatic carboxylic acids is 1. The molecular weight excluding hydrogens is 238 g/mol. The molecule has 1 unspecified atom stereocenters. The Morgan fingerprint density at radius 1 is 1.35 bits per heavy atom. The average molecular weight is 254 g/mol. The van der Waals surface area contributed by atoms with Crippen LogP contribution in [0.4, 0.5) is 0 Å². The van der Waals surface area contributed by atoms with Crippen molar-refractivity contribution in [3.8, 4) is 0 Å². The van der Waals surface area contributed by atoms with E-state index in [1.54, 1.807) is 0 Å². The van der Waals surface area contributed by atoms with Crippen LogP contribution in [0.5, 0.6) is 0 Å². The predicted molar refractivity (Wildman–Crippen MR) is 67.5 cm³/mol. The normalized spacial score (nSPS) is 26.4. The Morgan fingerprint density at radius 2 is 2.06 bits per heavy atom. The second-order valence-corrected chi connectivity index (χ2v) is 5.03. The number of carboxylic acid groups (broad SMARTS) is 1. The van der Waals surface area contributed by atoms with Crippen LogP contribution in [0.15, 0.2) is 30.3 Å². The first-order valence-corrected chi connectivity index (χ1v) is 6.27. The first-order valence-electron chi connectivity index (χ1n) is 5.83. The number of nitrogens with one attached hydrogen (secondary N) is 1. The van der Waals surface area contributed by atoms with E-state index < -0.39 is 11.9 Å². The highest BCUT2D eigenvalue weighted by atomic mass is 35.5. The third kappa shape index (κ3) is 2.99. The fourth-order valence-electron chi connectivity index (χ4n) is 2.34. The molecule has 3 nitrogen and oxygen atoms in total. The minimum atomic E-state index is -0.776. The number of carboxylic acids is 1. The number of halogens is 1. The summed E-state index contributed by atoms with van der Waals surface area (Å²) >= 11 is 6.00. The van der Waals surface area contributed by atoms with E-state index in [1.165, 1.54) is 0 Å². The van der Waals surface area contributed by atoms with Crippen LogP contribution in [0, 0.1) is 0 Å². The maximum Gasteiger partial charge on any atom is 0.312 e. The highest BCUT2D eigenvalue weighted by Crippen LogP contribution is 2.26. The van der Waals surface area contributed by atoms with E-state index >= 15 is 0 Å². The van der Waals surface area contributed by atoms with E-state index in [-0.39, 0.29) is 11.4 Å². The molecule has 17 heavy (non-hydrogen) atoms. The summed E-state index contributed by atoms with van der Waals surface area (Å²) in [5, 5.41) is 12.7. The Balaban J connectivity index is 2.16. The zero-order chi connectivity index (χ0) is 12.3. The van der Waals surface area contributed by atoms with E-state index in [0.717, 1.165) is 18.4 Å². The molecule has 2 rings (SSSR count). The van der Waals surface area contributed by atoms with Crippen LogP contribution in [0.2, 0.25) is 0 Å². The highest BCUT2D eigenvalue weighted by Gasteiger charge is 2.32. The lowest BCUT2D eigenvalue weighted by Crippen LogP contribution is -2.45. The van der Waals surface area contributed by atoms with Gasteiger partial charge in [-0.3, -0.25) is 4.79 Å². The van der Waals surface area contributed by atoms with Crippen molar-refractivity contribution in [1.29, 1.82) is 0 Å². The van der Waals surface area contributed by atoms with Gasteiger partial charge in [-0.25, -0.2) is 0 Å². The quantitative estimate of drug-likeness (QED) is 0.812. The van der Waals surface area contributed by atoms with Gasteiger partial charge in [-0.15, -0.1) is 11.6 Å². The number of hydrogen-bond donors (Lipinski definition) is 2. The Labute approximate surface area is 106 Å². The summed E-state index contributed by atoms with van der Waals surface area (Å²) in [4.78, 5) is 11.4. The molecule has 1 aliphatic rings. The second-order valence-electron chi connectivity index (χ2n) is 4.42. The number of hydrogen-bond acceptors (Lipinski definition) is 2. The summed E-state index contributed by atoms with van der Waals surface area (Å²) in [7, 11) is 0. The van der Waals surface area contributed by atoms with Gasteiger partial charge in [-0.05, 0) is 18.4 Å². The Bertz CT molecular complexity index is 374. The van der Waals surface area contributed by atoms with Crippen LogP contribution in [0.3, 0.4) is 0 Å². The van der Waals surface area contributed by atoms with Gasteiger partial charge in [0.25, 0.3) is 0 Å². The predicted octanol–water partition coefficient (Wildman–Crippen LogP) is 2.21. The van der Waals surface area contributed by atoms with Crippen LogP contribution >= 0.6 is 11.6 Å². The molecule has 3 atom stereocenters. The van der Waals surface area contributed by atoms with E-state index in [4.69, 9.17) is 11.6 Å². The lowest BCUT2D eigenvalue weighted by molar-refractivity contribution is -0.139. The number of alkyl halides is 1. The van der Waals surface area contributed by atoms with E-state index in [1.807, 2.05) is 30.3 Å². The summed E-state index contributed by atoms with van der Waals surface area (Å²) in [6, 6.07) is 9.35.